The van der Waals surface area contributed by atoms with Crippen molar-refractivity contribution in [1.82, 2.24) is 0 Å². The Morgan fingerprint density at radius 2 is 0.939 bits per heavy atom. The first-order valence-corrected chi connectivity index (χ1v) is 12.9. The molecule has 0 fully saturated rings. The lowest BCUT2D eigenvalue weighted by atomic mass is 10.1. The normalized spacial score (nSPS) is 11.8. The fourth-order valence-corrected chi connectivity index (χ4v) is 4.79. The summed E-state index contributed by atoms with van der Waals surface area (Å²) in [6, 6.07) is 33.2. The first kappa shape index (κ1) is 25.0. The molecule has 0 radical (unpaired) electrons. The van der Waals surface area contributed by atoms with Crippen molar-refractivity contribution < 1.29 is 4.48 Å². The minimum absolute atomic E-state index is 1.06. The van der Waals surface area contributed by atoms with Crippen molar-refractivity contribution >= 4 is 0 Å². The van der Waals surface area contributed by atoms with Gasteiger partial charge in [-0.15, -0.1) is 0 Å². The molecule has 0 heterocycles. The summed E-state index contributed by atoms with van der Waals surface area (Å²) in [6.07, 6.45) is 13.8. The highest BCUT2D eigenvalue weighted by Crippen LogP contribution is 2.25. The lowest BCUT2D eigenvalue weighted by Crippen LogP contribution is -2.46. The Balaban J connectivity index is 1.74. The quantitative estimate of drug-likeness (QED) is 0.126. The maximum absolute atomic E-state index is 2.42. The molecule has 0 unspecified atom stereocenters. The monoisotopic (exact) mass is 440 g/mol. The van der Waals surface area contributed by atoms with Crippen molar-refractivity contribution in [1.29, 1.82) is 0 Å². The van der Waals surface area contributed by atoms with Crippen molar-refractivity contribution in [2.75, 3.05) is 6.54 Å². The maximum Gasteiger partial charge on any atom is 0.105 e. The molecule has 0 aliphatic rings. The molecule has 33 heavy (non-hydrogen) atoms. The topological polar surface area (TPSA) is 0 Å². The van der Waals surface area contributed by atoms with Crippen LogP contribution in [0.2, 0.25) is 0 Å². The predicted molar refractivity (Wildman–Crippen MR) is 143 cm³/mol. The van der Waals surface area contributed by atoms with Crippen LogP contribution in [0.1, 0.15) is 68.6 Å². The van der Waals surface area contributed by atoms with Crippen LogP contribution in [-0.2, 0) is 19.6 Å². The molecule has 0 bridgehead atoms. The van der Waals surface area contributed by atoms with Crippen molar-refractivity contribution in [3.8, 4) is 0 Å². The average molecular weight is 441 g/mol. The molecular formula is C32H42N+. The number of nitrogens with zero attached hydrogens (tertiary/aromatic N) is 1. The predicted octanol–water partition coefficient (Wildman–Crippen LogP) is 8.71. The number of hydrogen-bond donors (Lipinski definition) is 0. The molecule has 174 valence electrons. The molecule has 0 saturated heterocycles. The van der Waals surface area contributed by atoms with Gasteiger partial charge in [0.05, 0.1) is 6.54 Å². The third-order valence-corrected chi connectivity index (χ3v) is 6.48. The zero-order valence-corrected chi connectivity index (χ0v) is 20.5. The second-order valence-electron chi connectivity index (χ2n) is 9.46. The number of quaternary nitrogens is 1. The summed E-state index contributed by atoms with van der Waals surface area (Å²) in [5.74, 6) is 0. The van der Waals surface area contributed by atoms with Gasteiger partial charge in [-0.1, -0.05) is 129 Å². The van der Waals surface area contributed by atoms with E-state index in [2.05, 4.69) is 110 Å². The molecule has 0 saturated carbocycles. The van der Waals surface area contributed by atoms with Crippen molar-refractivity contribution in [2.45, 2.75) is 71.5 Å². The standard InChI is InChI=1S/C32H42N/c1-2-3-4-5-6-7-8-9-19-26-33(27-30-20-13-10-14-21-30,28-31-22-15-11-16-23-31)29-32-24-17-12-18-25-32/h7-8,10-18,20-25H,2-6,9,19,26-29H2,1H3/q+1/b8-7+. The highest BCUT2D eigenvalue weighted by Gasteiger charge is 2.28. The van der Waals surface area contributed by atoms with E-state index >= 15 is 0 Å². The van der Waals surface area contributed by atoms with Gasteiger partial charge in [-0.2, -0.15) is 0 Å². The number of rotatable bonds is 15. The van der Waals surface area contributed by atoms with Gasteiger partial charge in [-0.05, 0) is 19.3 Å². The summed E-state index contributed by atoms with van der Waals surface area (Å²) in [7, 11) is 0. The average Bonchev–Trinajstić information content (AvgIpc) is 2.85. The summed E-state index contributed by atoms with van der Waals surface area (Å²) < 4.78 is 1.06. The molecule has 3 rings (SSSR count). The van der Waals surface area contributed by atoms with E-state index in [1.54, 1.807) is 0 Å². The Morgan fingerprint density at radius 1 is 0.515 bits per heavy atom. The summed E-state index contributed by atoms with van der Waals surface area (Å²) >= 11 is 0. The fourth-order valence-electron chi connectivity index (χ4n) is 4.79. The molecule has 3 aromatic carbocycles. The van der Waals surface area contributed by atoms with Gasteiger partial charge in [0.15, 0.2) is 0 Å². The number of allylic oxidation sites excluding steroid dienone is 2. The van der Waals surface area contributed by atoms with Crippen LogP contribution in [-0.4, -0.2) is 11.0 Å². The molecule has 3 aromatic rings. The van der Waals surface area contributed by atoms with E-state index in [-0.39, 0.29) is 0 Å². The number of benzene rings is 3. The Hall–Kier alpha value is -2.64. The molecule has 0 N–H and O–H groups in total. The van der Waals surface area contributed by atoms with Gasteiger partial charge in [0.25, 0.3) is 0 Å². The van der Waals surface area contributed by atoms with E-state index in [0.29, 0.717) is 0 Å². The zero-order valence-electron chi connectivity index (χ0n) is 20.5. The van der Waals surface area contributed by atoms with Crippen LogP contribution in [0.4, 0.5) is 0 Å². The second kappa shape index (κ2) is 14.5. The van der Waals surface area contributed by atoms with Crippen LogP contribution < -0.4 is 0 Å². The van der Waals surface area contributed by atoms with Gasteiger partial charge >= 0.3 is 0 Å². The smallest absolute Gasteiger partial charge is 0.105 e. The third-order valence-electron chi connectivity index (χ3n) is 6.48. The number of hydrogen-bond acceptors (Lipinski definition) is 0. The Morgan fingerprint density at radius 3 is 1.36 bits per heavy atom. The van der Waals surface area contributed by atoms with Crippen LogP contribution in [0, 0.1) is 0 Å². The number of unbranched alkanes of at least 4 members (excludes halogenated alkanes) is 5. The Labute approximate surface area is 202 Å². The van der Waals surface area contributed by atoms with Crippen LogP contribution >= 0.6 is 0 Å². The van der Waals surface area contributed by atoms with Gasteiger partial charge in [0.2, 0.25) is 0 Å². The molecule has 0 aromatic heterocycles. The highest BCUT2D eigenvalue weighted by molar-refractivity contribution is 5.17. The van der Waals surface area contributed by atoms with Crippen LogP contribution in [0.25, 0.3) is 0 Å². The minimum atomic E-state index is 1.06. The molecular weight excluding hydrogens is 398 g/mol. The van der Waals surface area contributed by atoms with E-state index in [4.69, 9.17) is 0 Å². The van der Waals surface area contributed by atoms with Crippen LogP contribution in [0.15, 0.2) is 103 Å². The van der Waals surface area contributed by atoms with E-state index in [1.165, 1.54) is 68.2 Å². The summed E-state index contributed by atoms with van der Waals surface area (Å²) in [5.41, 5.74) is 4.28. The molecule has 1 heteroatoms. The first-order valence-electron chi connectivity index (χ1n) is 12.9. The zero-order chi connectivity index (χ0) is 23.0. The Bertz CT molecular complexity index is 798. The summed E-state index contributed by atoms with van der Waals surface area (Å²) in [4.78, 5) is 0. The van der Waals surface area contributed by atoms with Crippen molar-refractivity contribution in [3.05, 3.63) is 120 Å². The lowest BCUT2D eigenvalue weighted by molar-refractivity contribution is -0.966. The SMILES string of the molecule is CCCCCC/C=C/CCC[N+](Cc1ccccc1)(Cc1ccccc1)Cc1ccccc1. The van der Waals surface area contributed by atoms with Gasteiger partial charge in [-0.25, -0.2) is 0 Å². The van der Waals surface area contributed by atoms with Crippen LogP contribution in [0.3, 0.4) is 0 Å². The van der Waals surface area contributed by atoms with E-state index < -0.39 is 0 Å². The Kier molecular flexibility index (Phi) is 11.0. The summed E-state index contributed by atoms with van der Waals surface area (Å²) in [6.45, 7) is 6.64. The molecule has 1 nitrogen and oxygen atoms in total. The molecule has 0 spiro atoms. The molecule has 0 aliphatic heterocycles. The third kappa shape index (κ3) is 9.40. The van der Waals surface area contributed by atoms with E-state index in [1.807, 2.05) is 0 Å². The molecule has 0 aliphatic carbocycles. The van der Waals surface area contributed by atoms with Gasteiger partial charge in [0.1, 0.15) is 19.6 Å². The van der Waals surface area contributed by atoms with Gasteiger partial charge < -0.3 is 4.48 Å². The van der Waals surface area contributed by atoms with E-state index in [0.717, 1.165) is 24.1 Å². The molecule has 0 atom stereocenters. The van der Waals surface area contributed by atoms with E-state index in [9.17, 15) is 0 Å². The minimum Gasteiger partial charge on any atom is -0.312 e. The maximum atomic E-state index is 2.42. The van der Waals surface area contributed by atoms with Crippen molar-refractivity contribution in [3.63, 3.8) is 0 Å². The van der Waals surface area contributed by atoms with Crippen molar-refractivity contribution in [2.24, 2.45) is 0 Å². The van der Waals surface area contributed by atoms with Gasteiger partial charge in [0, 0.05) is 23.1 Å². The highest BCUT2D eigenvalue weighted by atomic mass is 15.3. The lowest BCUT2D eigenvalue weighted by Gasteiger charge is -2.39. The first-order chi connectivity index (χ1) is 16.3. The summed E-state index contributed by atoms with van der Waals surface area (Å²) in [5, 5.41) is 0. The van der Waals surface area contributed by atoms with Crippen LogP contribution in [0.5, 0.6) is 0 Å². The largest absolute Gasteiger partial charge is 0.312 e. The molecule has 0 amide bonds. The van der Waals surface area contributed by atoms with Gasteiger partial charge in [-0.3, -0.25) is 0 Å². The second-order valence-corrected chi connectivity index (χ2v) is 9.46. The fraction of sp³-hybridized carbons (Fsp3) is 0.375.